The van der Waals surface area contributed by atoms with Crippen LogP contribution in [0.2, 0.25) is 0 Å². The van der Waals surface area contributed by atoms with Crippen LogP contribution >= 0.6 is 11.3 Å². The number of carbonyl (C=O) groups excluding carboxylic acids is 1. The highest BCUT2D eigenvalue weighted by Gasteiger charge is 2.40. The summed E-state index contributed by atoms with van der Waals surface area (Å²) >= 11 is 0.947. The van der Waals surface area contributed by atoms with Gasteiger partial charge < -0.3 is 11.1 Å². The Kier molecular flexibility index (Phi) is 3.74. The van der Waals surface area contributed by atoms with Crippen LogP contribution in [0.3, 0.4) is 0 Å². The number of halogens is 4. The first-order valence-corrected chi connectivity index (χ1v) is 4.99. The lowest BCUT2D eigenvalue weighted by molar-refractivity contribution is -0.123. The third-order valence-corrected chi connectivity index (χ3v) is 2.63. The quantitative estimate of drug-likeness (QED) is 0.809. The molecule has 0 aliphatic heterocycles. The Bertz CT molecular complexity index is 380. The first-order chi connectivity index (χ1) is 7.34. The van der Waals surface area contributed by atoms with E-state index in [1.807, 2.05) is 0 Å². The lowest BCUT2D eigenvalue weighted by Gasteiger charge is -2.15. The Morgan fingerprint density at radius 3 is 2.62 bits per heavy atom. The van der Waals surface area contributed by atoms with Gasteiger partial charge in [0.2, 0.25) is 0 Å². The van der Waals surface area contributed by atoms with E-state index in [9.17, 15) is 22.4 Å². The van der Waals surface area contributed by atoms with Gasteiger partial charge in [-0.3, -0.25) is 4.79 Å². The fourth-order valence-corrected chi connectivity index (χ4v) is 1.59. The minimum Gasteiger partial charge on any atom is -0.397 e. The molecule has 3 N–H and O–H groups in total. The van der Waals surface area contributed by atoms with E-state index in [2.05, 4.69) is 0 Å². The fraction of sp³-hybridized carbons (Fsp3) is 0.375. The molecule has 1 aromatic rings. The molecule has 0 saturated heterocycles. The maximum absolute atomic E-state index is 12.5. The molecule has 1 aromatic heterocycles. The lowest BCUT2D eigenvalue weighted by atomic mass is 10.3. The van der Waals surface area contributed by atoms with Crippen molar-refractivity contribution in [2.24, 2.45) is 0 Å². The van der Waals surface area contributed by atoms with Crippen LogP contribution in [0, 0.1) is 0 Å². The van der Waals surface area contributed by atoms with Gasteiger partial charge in [0.15, 0.2) is 0 Å². The summed E-state index contributed by atoms with van der Waals surface area (Å²) in [5.74, 6) is -5.12. The molecule has 0 radical (unpaired) electrons. The van der Waals surface area contributed by atoms with Gasteiger partial charge in [0.1, 0.15) is 4.88 Å². The van der Waals surface area contributed by atoms with E-state index in [0.29, 0.717) is 0 Å². The Morgan fingerprint density at radius 1 is 1.56 bits per heavy atom. The van der Waals surface area contributed by atoms with E-state index in [0.717, 1.165) is 11.3 Å². The van der Waals surface area contributed by atoms with Crippen LogP contribution in [-0.2, 0) is 0 Å². The van der Waals surface area contributed by atoms with Crippen molar-refractivity contribution in [1.82, 2.24) is 5.32 Å². The second kappa shape index (κ2) is 4.69. The molecule has 0 saturated carbocycles. The number of anilines is 1. The van der Waals surface area contributed by atoms with Gasteiger partial charge in [-0.25, -0.2) is 8.78 Å². The number of nitrogens with one attached hydrogen (secondary N) is 1. The largest absolute Gasteiger partial charge is 0.397 e. The van der Waals surface area contributed by atoms with Gasteiger partial charge in [-0.2, -0.15) is 8.78 Å². The number of nitrogen functional groups attached to an aromatic ring is 1. The predicted octanol–water partition coefficient (Wildman–Crippen LogP) is 1.96. The van der Waals surface area contributed by atoms with Crippen LogP contribution in [0.1, 0.15) is 9.67 Å². The maximum atomic E-state index is 12.5. The average Bonchev–Trinajstić information content (AvgIpc) is 2.61. The summed E-state index contributed by atoms with van der Waals surface area (Å²) in [6, 6.07) is 1.42. The van der Waals surface area contributed by atoms with Gasteiger partial charge in [-0.05, 0) is 11.4 Å². The number of carbonyl (C=O) groups is 1. The number of thiophene rings is 1. The molecule has 1 rings (SSSR count). The van der Waals surface area contributed by atoms with Gasteiger partial charge in [0.25, 0.3) is 5.91 Å². The first kappa shape index (κ1) is 12.8. The third kappa shape index (κ3) is 2.84. The van der Waals surface area contributed by atoms with Crippen LogP contribution in [0.15, 0.2) is 11.4 Å². The van der Waals surface area contributed by atoms with E-state index in [1.165, 1.54) is 11.4 Å². The molecule has 0 unspecified atom stereocenters. The third-order valence-electron chi connectivity index (χ3n) is 1.71. The van der Waals surface area contributed by atoms with Crippen molar-refractivity contribution >= 4 is 22.9 Å². The van der Waals surface area contributed by atoms with Crippen molar-refractivity contribution in [2.75, 3.05) is 12.3 Å². The number of alkyl halides is 4. The summed E-state index contributed by atoms with van der Waals surface area (Å²) in [6.45, 7) is -1.42. The molecule has 1 amide bonds. The Labute approximate surface area is 92.2 Å². The Hall–Kier alpha value is -1.31. The monoisotopic (exact) mass is 256 g/mol. The fourth-order valence-electron chi connectivity index (χ4n) is 0.859. The van der Waals surface area contributed by atoms with E-state index >= 15 is 0 Å². The Morgan fingerprint density at radius 2 is 2.19 bits per heavy atom. The van der Waals surface area contributed by atoms with Crippen LogP contribution in [0.4, 0.5) is 23.2 Å². The summed E-state index contributed by atoms with van der Waals surface area (Å²) in [5.41, 5.74) is 5.48. The van der Waals surface area contributed by atoms with Gasteiger partial charge in [-0.1, -0.05) is 0 Å². The molecule has 1 heterocycles. The molecule has 0 aromatic carbocycles. The van der Waals surface area contributed by atoms with Gasteiger partial charge in [-0.15, -0.1) is 11.3 Å². The van der Waals surface area contributed by atoms with Crippen molar-refractivity contribution in [1.29, 1.82) is 0 Å². The lowest BCUT2D eigenvalue weighted by Crippen LogP contribution is -2.41. The van der Waals surface area contributed by atoms with Crippen molar-refractivity contribution in [3.05, 3.63) is 16.3 Å². The minimum absolute atomic E-state index is 0.0325. The molecule has 8 heteroatoms. The highest BCUT2D eigenvalue weighted by atomic mass is 32.1. The van der Waals surface area contributed by atoms with Crippen LogP contribution < -0.4 is 11.1 Å². The molecule has 0 bridgehead atoms. The zero-order chi connectivity index (χ0) is 12.3. The second-order valence-electron chi connectivity index (χ2n) is 2.95. The van der Waals surface area contributed by atoms with E-state index in [4.69, 9.17) is 5.73 Å². The van der Waals surface area contributed by atoms with Crippen molar-refractivity contribution in [2.45, 2.75) is 12.3 Å². The highest BCUT2D eigenvalue weighted by Crippen LogP contribution is 2.23. The van der Waals surface area contributed by atoms with Gasteiger partial charge in [0, 0.05) is 0 Å². The molecule has 0 fully saturated rings. The summed E-state index contributed by atoms with van der Waals surface area (Å²) in [4.78, 5) is 11.3. The van der Waals surface area contributed by atoms with Crippen molar-refractivity contribution in [3.8, 4) is 0 Å². The van der Waals surface area contributed by atoms with Gasteiger partial charge >= 0.3 is 12.3 Å². The van der Waals surface area contributed by atoms with Gasteiger partial charge in [0.05, 0.1) is 12.2 Å². The summed E-state index contributed by atoms with van der Waals surface area (Å²) in [6.07, 6.45) is -3.81. The number of nitrogens with two attached hydrogens (primary N) is 1. The van der Waals surface area contributed by atoms with Crippen LogP contribution in [0.5, 0.6) is 0 Å². The van der Waals surface area contributed by atoms with Crippen molar-refractivity contribution in [3.63, 3.8) is 0 Å². The van der Waals surface area contributed by atoms with E-state index in [-0.39, 0.29) is 10.6 Å². The molecular formula is C8H8F4N2OS. The average molecular weight is 256 g/mol. The Balaban J connectivity index is 2.58. The minimum atomic E-state index is -4.23. The summed E-state index contributed by atoms with van der Waals surface area (Å²) in [7, 11) is 0. The highest BCUT2D eigenvalue weighted by molar-refractivity contribution is 7.12. The zero-order valence-electron chi connectivity index (χ0n) is 7.84. The summed E-state index contributed by atoms with van der Waals surface area (Å²) in [5, 5.41) is 3.20. The number of rotatable bonds is 4. The normalized spacial score (nSPS) is 11.8. The van der Waals surface area contributed by atoms with E-state index in [1.54, 1.807) is 5.32 Å². The topological polar surface area (TPSA) is 55.1 Å². The SMILES string of the molecule is Nc1ccsc1C(=O)NCC(F)(F)C(F)F. The molecule has 90 valence electrons. The molecule has 0 aliphatic carbocycles. The molecular weight excluding hydrogens is 248 g/mol. The molecule has 3 nitrogen and oxygen atoms in total. The maximum Gasteiger partial charge on any atom is 0.324 e. The number of hydrogen-bond acceptors (Lipinski definition) is 3. The first-order valence-electron chi connectivity index (χ1n) is 4.11. The molecule has 16 heavy (non-hydrogen) atoms. The number of hydrogen-bond donors (Lipinski definition) is 2. The molecule has 0 atom stereocenters. The molecule has 0 aliphatic rings. The zero-order valence-corrected chi connectivity index (χ0v) is 8.66. The standard InChI is InChI=1S/C8H8F4N2OS/c9-7(10)8(11,12)3-14-6(15)5-4(13)1-2-16-5/h1-2,7H,3,13H2,(H,14,15). The van der Waals surface area contributed by atoms with Crippen LogP contribution in [0.25, 0.3) is 0 Å². The predicted molar refractivity (Wildman–Crippen MR) is 52.0 cm³/mol. The second-order valence-corrected chi connectivity index (χ2v) is 3.87. The summed E-state index contributed by atoms with van der Waals surface area (Å²) < 4.78 is 48.4. The molecule has 0 spiro atoms. The van der Waals surface area contributed by atoms with Crippen LogP contribution in [-0.4, -0.2) is 24.8 Å². The number of amides is 1. The van der Waals surface area contributed by atoms with Crippen molar-refractivity contribution < 1.29 is 22.4 Å². The smallest absolute Gasteiger partial charge is 0.324 e. The van der Waals surface area contributed by atoms with E-state index < -0.39 is 24.8 Å².